The molecule has 0 radical (unpaired) electrons. The van der Waals surface area contributed by atoms with Gasteiger partial charge in [-0.2, -0.15) is 9.61 Å². The second kappa shape index (κ2) is 6.76. The molecule has 124 valence electrons. The zero-order chi connectivity index (χ0) is 16.4. The highest BCUT2D eigenvalue weighted by atomic mass is 32.1. The quantitative estimate of drug-likeness (QED) is 0.785. The Bertz CT molecular complexity index is 770. The zero-order valence-electron chi connectivity index (χ0n) is 13.3. The van der Waals surface area contributed by atoms with Gasteiger partial charge in [-0.25, -0.2) is 4.98 Å². The minimum Gasteiger partial charge on any atom is -0.465 e. The van der Waals surface area contributed by atoms with E-state index in [1.807, 2.05) is 13.8 Å². The number of hydrogen-bond acceptors (Lipinski definition) is 7. The Morgan fingerprint density at radius 3 is 3.09 bits per heavy atom. The Balaban J connectivity index is 1.84. The molecule has 0 amide bonds. The summed E-state index contributed by atoms with van der Waals surface area (Å²) in [7, 11) is 0. The summed E-state index contributed by atoms with van der Waals surface area (Å²) in [6, 6.07) is 1.26. The van der Waals surface area contributed by atoms with Gasteiger partial charge >= 0.3 is 5.97 Å². The van der Waals surface area contributed by atoms with Crippen LogP contribution in [0.3, 0.4) is 0 Å². The summed E-state index contributed by atoms with van der Waals surface area (Å²) in [5, 5.41) is 4.94. The van der Waals surface area contributed by atoms with Crippen LogP contribution in [0.25, 0.3) is 4.96 Å². The average molecular weight is 336 g/mol. The Labute approximate surface area is 137 Å². The molecule has 1 atom stereocenters. The van der Waals surface area contributed by atoms with Crippen LogP contribution < -0.4 is 5.56 Å². The maximum Gasteiger partial charge on any atom is 0.323 e. The number of esters is 1. The fraction of sp³-hybridized carbons (Fsp3) is 0.600. The lowest BCUT2D eigenvalue weighted by Crippen LogP contribution is -2.45. The lowest BCUT2D eigenvalue weighted by atomic mass is 10.0. The molecule has 2 aromatic heterocycles. The molecule has 0 spiro atoms. The van der Waals surface area contributed by atoms with E-state index in [2.05, 4.69) is 15.0 Å². The minimum absolute atomic E-state index is 0.181. The van der Waals surface area contributed by atoms with Crippen LogP contribution in [-0.2, 0) is 16.1 Å². The van der Waals surface area contributed by atoms with Crippen molar-refractivity contribution in [2.45, 2.75) is 45.7 Å². The van der Waals surface area contributed by atoms with Gasteiger partial charge in [0.1, 0.15) is 11.0 Å². The molecule has 0 N–H and O–H groups in total. The Kier molecular flexibility index (Phi) is 4.72. The first-order valence-electron chi connectivity index (χ1n) is 7.85. The highest BCUT2D eigenvalue weighted by Crippen LogP contribution is 2.20. The average Bonchev–Trinajstić information content (AvgIpc) is 2.89. The molecule has 23 heavy (non-hydrogen) atoms. The number of fused-ring (bicyclic) bond motifs is 1. The molecule has 1 saturated heterocycles. The molecule has 1 aliphatic rings. The van der Waals surface area contributed by atoms with Crippen molar-refractivity contribution in [2.75, 3.05) is 13.2 Å². The maximum atomic E-state index is 12.1. The number of aryl methyl sites for hydroxylation is 1. The van der Waals surface area contributed by atoms with E-state index >= 15 is 0 Å². The molecular formula is C15H20N4O3S. The van der Waals surface area contributed by atoms with Crippen molar-refractivity contribution < 1.29 is 9.53 Å². The molecule has 0 aliphatic carbocycles. The molecular weight excluding hydrogens is 316 g/mol. The number of rotatable bonds is 4. The summed E-state index contributed by atoms with van der Waals surface area (Å²) >= 11 is 1.39. The van der Waals surface area contributed by atoms with Gasteiger partial charge in [0.25, 0.3) is 5.56 Å². The van der Waals surface area contributed by atoms with E-state index in [1.54, 1.807) is 0 Å². The van der Waals surface area contributed by atoms with Crippen molar-refractivity contribution in [3.8, 4) is 0 Å². The van der Waals surface area contributed by atoms with E-state index in [0.717, 1.165) is 30.8 Å². The van der Waals surface area contributed by atoms with Gasteiger partial charge in [-0.15, -0.1) is 0 Å². The summed E-state index contributed by atoms with van der Waals surface area (Å²) in [5.74, 6) is -0.182. The van der Waals surface area contributed by atoms with Gasteiger partial charge in [-0.05, 0) is 33.2 Å². The molecule has 7 nitrogen and oxygen atoms in total. The molecule has 3 rings (SSSR count). The lowest BCUT2D eigenvalue weighted by molar-refractivity contribution is -0.151. The number of aromatic nitrogens is 3. The normalized spacial score (nSPS) is 19.1. The van der Waals surface area contributed by atoms with E-state index in [1.165, 1.54) is 21.9 Å². The highest BCUT2D eigenvalue weighted by Gasteiger charge is 2.30. The monoisotopic (exact) mass is 336 g/mol. The van der Waals surface area contributed by atoms with Gasteiger partial charge in [-0.1, -0.05) is 17.8 Å². The Morgan fingerprint density at radius 1 is 1.48 bits per heavy atom. The van der Waals surface area contributed by atoms with Crippen molar-refractivity contribution >= 4 is 22.3 Å². The van der Waals surface area contributed by atoms with Crippen molar-refractivity contribution in [1.82, 2.24) is 19.5 Å². The third-order valence-electron chi connectivity index (χ3n) is 3.94. The molecule has 2 aromatic rings. The second-order valence-electron chi connectivity index (χ2n) is 5.64. The van der Waals surface area contributed by atoms with Crippen molar-refractivity contribution in [1.29, 1.82) is 0 Å². The zero-order valence-corrected chi connectivity index (χ0v) is 14.1. The number of hydrogen-bond donors (Lipinski definition) is 0. The van der Waals surface area contributed by atoms with E-state index in [0.29, 0.717) is 23.8 Å². The Morgan fingerprint density at radius 2 is 2.30 bits per heavy atom. The summed E-state index contributed by atoms with van der Waals surface area (Å²) < 4.78 is 6.49. The van der Waals surface area contributed by atoms with Crippen molar-refractivity contribution in [2.24, 2.45) is 0 Å². The van der Waals surface area contributed by atoms with Crippen LogP contribution in [0.15, 0.2) is 10.9 Å². The number of ether oxygens (including phenoxy) is 1. The molecule has 8 heteroatoms. The smallest absolute Gasteiger partial charge is 0.323 e. The van der Waals surface area contributed by atoms with Crippen LogP contribution in [-0.4, -0.2) is 44.7 Å². The third-order valence-corrected chi connectivity index (χ3v) is 4.76. The van der Waals surface area contributed by atoms with Crippen LogP contribution in [0.2, 0.25) is 0 Å². The predicted molar refractivity (Wildman–Crippen MR) is 86.6 cm³/mol. The van der Waals surface area contributed by atoms with Gasteiger partial charge in [0, 0.05) is 12.6 Å². The van der Waals surface area contributed by atoms with Gasteiger partial charge in [0.05, 0.1) is 12.3 Å². The SMILES string of the molecule is CCOC(=O)[C@H]1CCCCN1Cc1cc(=O)n2nc(C)sc2n1. The summed E-state index contributed by atoms with van der Waals surface area (Å²) in [6.45, 7) is 5.33. The van der Waals surface area contributed by atoms with E-state index in [-0.39, 0.29) is 17.6 Å². The molecule has 1 aliphatic heterocycles. The summed E-state index contributed by atoms with van der Waals surface area (Å²) in [5.41, 5.74) is 0.494. The molecule has 0 saturated carbocycles. The number of nitrogens with zero attached hydrogens (tertiary/aromatic N) is 4. The fourth-order valence-electron chi connectivity index (χ4n) is 2.93. The van der Waals surface area contributed by atoms with E-state index in [4.69, 9.17) is 4.74 Å². The molecule has 3 heterocycles. The maximum absolute atomic E-state index is 12.1. The van der Waals surface area contributed by atoms with Crippen LogP contribution in [0.5, 0.6) is 0 Å². The van der Waals surface area contributed by atoms with Crippen LogP contribution >= 0.6 is 11.3 Å². The number of likely N-dealkylation sites (tertiary alicyclic amines) is 1. The van der Waals surface area contributed by atoms with Crippen LogP contribution in [0.4, 0.5) is 0 Å². The van der Waals surface area contributed by atoms with Gasteiger partial charge < -0.3 is 4.74 Å². The van der Waals surface area contributed by atoms with Gasteiger partial charge in [0.15, 0.2) is 0 Å². The molecule has 0 unspecified atom stereocenters. The molecule has 0 aromatic carbocycles. The number of carbonyl (C=O) groups is 1. The first-order chi connectivity index (χ1) is 11.1. The van der Waals surface area contributed by atoms with E-state index in [9.17, 15) is 9.59 Å². The number of piperidine rings is 1. The lowest BCUT2D eigenvalue weighted by Gasteiger charge is -2.33. The summed E-state index contributed by atoms with van der Waals surface area (Å²) in [4.78, 5) is 31.4. The van der Waals surface area contributed by atoms with Crippen molar-refractivity contribution in [3.05, 3.63) is 27.1 Å². The first kappa shape index (κ1) is 16.1. The largest absolute Gasteiger partial charge is 0.465 e. The first-order valence-corrected chi connectivity index (χ1v) is 8.67. The highest BCUT2D eigenvalue weighted by molar-refractivity contribution is 7.16. The topological polar surface area (TPSA) is 76.8 Å². The predicted octanol–water partition coefficient (Wildman–Crippen LogP) is 1.38. The van der Waals surface area contributed by atoms with Crippen LogP contribution in [0.1, 0.15) is 36.9 Å². The fourth-order valence-corrected chi connectivity index (χ4v) is 3.69. The second-order valence-corrected chi connectivity index (χ2v) is 6.80. The molecule has 1 fully saturated rings. The standard InChI is InChI=1S/C15H20N4O3S/c1-3-22-14(21)12-6-4-5-7-18(12)9-11-8-13(20)19-15(16-11)23-10(2)17-19/h8,12H,3-7,9H2,1-2H3/t12-/m1/s1. The summed E-state index contributed by atoms with van der Waals surface area (Å²) in [6.07, 6.45) is 2.85. The number of carbonyl (C=O) groups excluding carboxylic acids is 1. The van der Waals surface area contributed by atoms with Gasteiger partial charge in [-0.3, -0.25) is 14.5 Å². The van der Waals surface area contributed by atoms with Crippen molar-refractivity contribution in [3.63, 3.8) is 0 Å². The molecule has 0 bridgehead atoms. The van der Waals surface area contributed by atoms with Gasteiger partial charge in [0.2, 0.25) is 4.96 Å². The Hall–Kier alpha value is -1.80. The minimum atomic E-state index is -0.243. The van der Waals surface area contributed by atoms with E-state index < -0.39 is 0 Å². The third kappa shape index (κ3) is 3.42. The van der Waals surface area contributed by atoms with Crippen LogP contribution in [0, 0.1) is 6.92 Å².